The maximum Gasteiger partial charge on any atom is 0.410 e. The van der Waals surface area contributed by atoms with Crippen LogP contribution in [0.1, 0.15) is 98.9 Å². The van der Waals surface area contributed by atoms with Crippen molar-refractivity contribution in [1.29, 1.82) is 0 Å². The van der Waals surface area contributed by atoms with E-state index in [2.05, 4.69) is 47.0 Å². The minimum atomic E-state index is -0.872. The van der Waals surface area contributed by atoms with Crippen molar-refractivity contribution >= 4 is 36.2 Å². The number of ether oxygens (including phenoxy) is 1. The molecular weight excluding hydrogens is 676 g/mol. The van der Waals surface area contributed by atoms with Gasteiger partial charge in [0, 0.05) is 19.5 Å². The summed E-state index contributed by atoms with van der Waals surface area (Å²) in [5.41, 5.74) is 6.95. The number of hydrogen-bond acceptors (Lipinski definition) is 5. The molecule has 10 heteroatoms. The average molecular weight is 727 g/mol. The lowest BCUT2D eigenvalue weighted by molar-refractivity contribution is -0.143. The number of hydrogen-bond donors (Lipinski definition) is 2. The molecule has 3 aromatic carbocycles. The molecule has 1 aliphatic heterocycles. The van der Waals surface area contributed by atoms with Crippen molar-refractivity contribution < 1.29 is 23.9 Å². The number of benzene rings is 3. The fourth-order valence-electron chi connectivity index (χ4n) is 8.81. The lowest BCUT2D eigenvalue weighted by atomic mass is 9.83. The summed E-state index contributed by atoms with van der Waals surface area (Å²) < 4.78 is 5.83. The topological polar surface area (TPSA) is 108 Å². The van der Waals surface area contributed by atoms with Gasteiger partial charge < -0.3 is 20.3 Å². The summed E-state index contributed by atoms with van der Waals surface area (Å²) in [5, 5.41) is 6.34. The molecule has 2 N–H and O–H groups in total. The van der Waals surface area contributed by atoms with Crippen LogP contribution in [0.5, 0.6) is 0 Å². The molecule has 3 aromatic rings. The van der Waals surface area contributed by atoms with Crippen LogP contribution in [-0.4, -0.2) is 71.9 Å². The van der Waals surface area contributed by atoms with Gasteiger partial charge in [0.2, 0.25) is 17.7 Å². The second-order valence-electron chi connectivity index (χ2n) is 14.8. The molecule has 52 heavy (non-hydrogen) atoms. The van der Waals surface area contributed by atoms with Gasteiger partial charge in [0.1, 0.15) is 24.7 Å². The Morgan fingerprint density at radius 2 is 1.44 bits per heavy atom. The number of carbonyl (C=O) groups excluding carboxylic acids is 4. The van der Waals surface area contributed by atoms with Crippen LogP contribution in [0.3, 0.4) is 0 Å². The van der Waals surface area contributed by atoms with E-state index in [1.165, 1.54) is 10.5 Å². The number of rotatable bonds is 9. The second-order valence-corrected chi connectivity index (χ2v) is 14.8. The minimum Gasteiger partial charge on any atom is -0.448 e. The van der Waals surface area contributed by atoms with Crippen molar-refractivity contribution in [2.75, 3.05) is 20.2 Å². The molecule has 7 rings (SSSR count). The highest BCUT2D eigenvalue weighted by Crippen LogP contribution is 2.44. The van der Waals surface area contributed by atoms with Gasteiger partial charge in [-0.2, -0.15) is 0 Å². The van der Waals surface area contributed by atoms with E-state index in [0.29, 0.717) is 13.0 Å². The number of likely N-dealkylation sites (N-methyl/N-ethyl adjacent to an activating group) is 1. The first-order valence-electron chi connectivity index (χ1n) is 18.9. The Balaban J connectivity index is 0.00000464. The molecule has 1 saturated carbocycles. The first kappa shape index (κ1) is 37.4. The van der Waals surface area contributed by atoms with Gasteiger partial charge in [0.05, 0.1) is 6.04 Å². The smallest absolute Gasteiger partial charge is 0.410 e. The molecule has 0 bridgehead atoms. The Labute approximate surface area is 313 Å². The number of carbonyl (C=O) groups is 4. The first-order valence-corrected chi connectivity index (χ1v) is 18.9. The number of halogens is 1. The summed E-state index contributed by atoms with van der Waals surface area (Å²) in [4.78, 5) is 58.4. The third-order valence-corrected chi connectivity index (χ3v) is 11.8. The zero-order chi connectivity index (χ0) is 35.5. The highest BCUT2D eigenvalue weighted by molar-refractivity contribution is 5.94. The highest BCUT2D eigenvalue weighted by Gasteiger charge is 2.42. The number of nitrogens with zero attached hydrogens (tertiary/aromatic N) is 2. The van der Waals surface area contributed by atoms with Gasteiger partial charge in [-0.3, -0.25) is 19.3 Å². The molecule has 4 aliphatic rings. The van der Waals surface area contributed by atoms with E-state index in [1.54, 1.807) is 18.9 Å². The predicted octanol–water partition coefficient (Wildman–Crippen LogP) is 6.93. The molecular formula is C42H51ClN4O5. The molecule has 0 aromatic heterocycles. The van der Waals surface area contributed by atoms with Crippen molar-refractivity contribution in [2.24, 2.45) is 5.92 Å². The van der Waals surface area contributed by atoms with Crippen LogP contribution in [0.15, 0.2) is 72.8 Å². The summed E-state index contributed by atoms with van der Waals surface area (Å²) in [6.45, 7) is 2.29. The third-order valence-electron chi connectivity index (χ3n) is 11.8. The Morgan fingerprint density at radius 3 is 2.13 bits per heavy atom. The largest absolute Gasteiger partial charge is 0.448 e. The van der Waals surface area contributed by atoms with E-state index < -0.39 is 30.1 Å². The minimum absolute atomic E-state index is 0. The van der Waals surface area contributed by atoms with Crippen LogP contribution in [-0.2, 0) is 25.5 Å². The fraction of sp³-hybridized carbons (Fsp3) is 0.476. The van der Waals surface area contributed by atoms with E-state index in [0.717, 1.165) is 85.6 Å². The van der Waals surface area contributed by atoms with Crippen molar-refractivity contribution in [2.45, 2.75) is 101 Å². The third kappa shape index (κ3) is 7.56. The molecule has 0 spiro atoms. The molecule has 1 heterocycles. The number of likely N-dealkylation sites (tertiary alicyclic amines) is 1. The second kappa shape index (κ2) is 16.5. The molecule has 1 saturated heterocycles. The van der Waals surface area contributed by atoms with Crippen LogP contribution < -0.4 is 10.6 Å². The van der Waals surface area contributed by atoms with E-state index in [-0.39, 0.29) is 48.7 Å². The number of fused-ring (bicyclic) bond motifs is 4. The summed E-state index contributed by atoms with van der Waals surface area (Å²) >= 11 is 0. The zero-order valence-electron chi connectivity index (χ0n) is 30.2. The monoisotopic (exact) mass is 726 g/mol. The van der Waals surface area contributed by atoms with Crippen molar-refractivity contribution in [3.63, 3.8) is 0 Å². The lowest BCUT2D eigenvalue weighted by Crippen LogP contribution is -2.58. The summed E-state index contributed by atoms with van der Waals surface area (Å²) in [7, 11) is 1.56. The Bertz CT molecular complexity index is 1730. The normalized spacial score (nSPS) is 20.7. The molecule has 9 nitrogen and oxygen atoms in total. The molecule has 4 atom stereocenters. The maximum absolute atomic E-state index is 14.4. The molecule has 276 valence electrons. The maximum atomic E-state index is 14.4. The van der Waals surface area contributed by atoms with Crippen LogP contribution >= 0.6 is 12.4 Å². The summed E-state index contributed by atoms with van der Waals surface area (Å²) in [5.74, 6) is -0.858. The standard InChI is InChI=1S/C42H50N4O5.ClH/c1-27(45(2)42(50)51-26-35-33-21-10-8-19-31(33)32-20-9-11-22-34(32)35)39(47)44-38(29-15-4-3-5-16-29)41(49)46-25-13-24-37(46)40(48)43-36-23-12-17-28-14-6-7-18-30(28)36;/h6-11,14,18-22,27,29,35-38H,3-5,12-13,15-17,23-26H2,1-2H3,(H,43,48)(H,44,47);1H/t27-,36+,37-,38-;/m0./s1. The molecule has 3 aliphatic carbocycles. The Kier molecular flexibility index (Phi) is 11.9. The van der Waals surface area contributed by atoms with Gasteiger partial charge in [-0.1, -0.05) is 92.1 Å². The van der Waals surface area contributed by atoms with Gasteiger partial charge >= 0.3 is 6.09 Å². The SMILES string of the molecule is C[C@@H](C(=O)N[C@H](C(=O)N1CCC[C@H]1C(=O)N[C@@H]1CCCc2ccccc21)C1CCCCC1)N(C)C(=O)OCC1c2ccccc2-c2ccccc21.Cl. The highest BCUT2D eigenvalue weighted by atomic mass is 35.5. The van der Waals surface area contributed by atoms with Crippen LogP contribution in [0.25, 0.3) is 11.1 Å². The molecule has 0 unspecified atom stereocenters. The molecule has 0 radical (unpaired) electrons. The summed E-state index contributed by atoms with van der Waals surface area (Å²) in [6.07, 6.45) is 8.37. The zero-order valence-corrected chi connectivity index (χ0v) is 31.0. The van der Waals surface area contributed by atoms with Crippen molar-refractivity contribution in [3.05, 3.63) is 95.1 Å². The van der Waals surface area contributed by atoms with Crippen LogP contribution in [0, 0.1) is 5.92 Å². The van der Waals surface area contributed by atoms with Gasteiger partial charge in [0.15, 0.2) is 0 Å². The van der Waals surface area contributed by atoms with E-state index in [1.807, 2.05) is 36.4 Å². The Hall–Kier alpha value is -4.37. The predicted molar refractivity (Wildman–Crippen MR) is 203 cm³/mol. The quantitative estimate of drug-likeness (QED) is 0.249. The average Bonchev–Trinajstić information content (AvgIpc) is 3.79. The van der Waals surface area contributed by atoms with E-state index >= 15 is 0 Å². The Morgan fingerprint density at radius 1 is 0.808 bits per heavy atom. The van der Waals surface area contributed by atoms with Gasteiger partial charge in [-0.25, -0.2) is 4.79 Å². The fourth-order valence-corrected chi connectivity index (χ4v) is 8.81. The lowest BCUT2D eigenvalue weighted by Gasteiger charge is -2.36. The molecule has 4 amide bonds. The number of nitrogens with one attached hydrogen (secondary N) is 2. The van der Waals surface area contributed by atoms with Gasteiger partial charge in [-0.15, -0.1) is 12.4 Å². The first-order chi connectivity index (χ1) is 24.8. The van der Waals surface area contributed by atoms with E-state index in [9.17, 15) is 19.2 Å². The van der Waals surface area contributed by atoms with Crippen molar-refractivity contribution in [3.8, 4) is 11.1 Å². The number of aryl methyl sites for hydroxylation is 1. The molecule has 2 fully saturated rings. The van der Waals surface area contributed by atoms with E-state index in [4.69, 9.17) is 4.74 Å². The van der Waals surface area contributed by atoms with Crippen molar-refractivity contribution in [1.82, 2.24) is 20.4 Å². The number of amides is 4. The van der Waals surface area contributed by atoms with Gasteiger partial charge in [0.25, 0.3) is 0 Å². The van der Waals surface area contributed by atoms with Crippen LogP contribution in [0.4, 0.5) is 4.79 Å². The van der Waals surface area contributed by atoms with Gasteiger partial charge in [-0.05, 0) is 91.2 Å². The summed E-state index contributed by atoms with van der Waals surface area (Å²) in [6, 6.07) is 22.3. The van der Waals surface area contributed by atoms with Crippen LogP contribution in [0.2, 0.25) is 0 Å².